The number of benzene rings is 1. The molecule has 1 atom stereocenters. The maximum absolute atomic E-state index is 13.2. The van der Waals surface area contributed by atoms with E-state index in [0.29, 0.717) is 17.7 Å². The van der Waals surface area contributed by atoms with E-state index in [9.17, 15) is 17.6 Å². The first kappa shape index (κ1) is 14.7. The van der Waals surface area contributed by atoms with E-state index in [2.05, 4.69) is 10.5 Å². The lowest BCUT2D eigenvalue weighted by molar-refractivity contribution is 0.0904. The highest BCUT2D eigenvalue weighted by Crippen LogP contribution is 2.20. The zero-order chi connectivity index (χ0) is 15.7. The van der Waals surface area contributed by atoms with Crippen molar-refractivity contribution in [3.8, 4) is 11.3 Å². The molecule has 1 aromatic carbocycles. The van der Waals surface area contributed by atoms with Crippen LogP contribution in [0.25, 0.3) is 11.3 Å². The van der Waals surface area contributed by atoms with Crippen molar-refractivity contribution in [2.45, 2.75) is 12.5 Å². The molecular formula is C14H13FN2O4S. The molecule has 1 N–H and O–H groups in total. The summed E-state index contributed by atoms with van der Waals surface area (Å²) < 4.78 is 40.8. The average Bonchev–Trinajstić information content (AvgIpc) is 3.06. The lowest BCUT2D eigenvalue weighted by atomic mass is 10.1. The summed E-state index contributed by atoms with van der Waals surface area (Å²) in [6.45, 7) is 0. The standard InChI is InChI=1S/C14H13FN2O4S/c15-10-3-1-2-9(6-10)12-7-13(21-17-12)14(18)16-11-4-5-22(19,20)8-11/h1-3,6-7,11H,4-5,8H2,(H,16,18)/t11-/m1/s1. The Balaban J connectivity index is 1.72. The van der Waals surface area contributed by atoms with Crippen molar-refractivity contribution in [2.24, 2.45) is 0 Å². The summed E-state index contributed by atoms with van der Waals surface area (Å²) in [5.74, 6) is -0.976. The van der Waals surface area contributed by atoms with Gasteiger partial charge in [-0.2, -0.15) is 0 Å². The Bertz CT molecular complexity index is 816. The monoisotopic (exact) mass is 324 g/mol. The quantitative estimate of drug-likeness (QED) is 0.922. The molecule has 1 aliphatic heterocycles. The highest BCUT2D eigenvalue weighted by Gasteiger charge is 2.30. The lowest BCUT2D eigenvalue weighted by Crippen LogP contribution is -2.35. The molecule has 1 fully saturated rings. The van der Waals surface area contributed by atoms with Gasteiger partial charge in [-0.25, -0.2) is 12.8 Å². The van der Waals surface area contributed by atoms with E-state index < -0.39 is 27.6 Å². The Kier molecular flexibility index (Phi) is 3.69. The third kappa shape index (κ3) is 3.16. The molecule has 8 heteroatoms. The second-order valence-corrected chi connectivity index (χ2v) is 7.39. The number of rotatable bonds is 3. The number of nitrogens with zero attached hydrogens (tertiary/aromatic N) is 1. The van der Waals surface area contributed by atoms with Gasteiger partial charge in [0.25, 0.3) is 5.91 Å². The molecule has 0 spiro atoms. The number of sulfone groups is 1. The van der Waals surface area contributed by atoms with Gasteiger partial charge in [0.2, 0.25) is 5.76 Å². The summed E-state index contributed by atoms with van der Waals surface area (Å²) in [6.07, 6.45) is 0.388. The second-order valence-electron chi connectivity index (χ2n) is 5.16. The van der Waals surface area contributed by atoms with Crippen LogP contribution >= 0.6 is 0 Å². The number of aromatic nitrogens is 1. The van der Waals surface area contributed by atoms with Gasteiger partial charge < -0.3 is 9.84 Å². The highest BCUT2D eigenvalue weighted by molar-refractivity contribution is 7.91. The lowest BCUT2D eigenvalue weighted by Gasteiger charge is -2.07. The molecule has 116 valence electrons. The topological polar surface area (TPSA) is 89.3 Å². The van der Waals surface area contributed by atoms with Crippen molar-refractivity contribution in [1.82, 2.24) is 10.5 Å². The van der Waals surface area contributed by atoms with Crippen LogP contribution in [-0.2, 0) is 9.84 Å². The molecule has 0 unspecified atom stereocenters. The fraction of sp³-hybridized carbons (Fsp3) is 0.286. The molecule has 1 saturated heterocycles. The third-order valence-corrected chi connectivity index (χ3v) is 5.19. The van der Waals surface area contributed by atoms with Crippen molar-refractivity contribution < 1.29 is 22.1 Å². The SMILES string of the molecule is O=C(N[C@@H]1CCS(=O)(=O)C1)c1cc(-c2cccc(F)c2)no1. The Labute approximate surface area is 126 Å². The number of carbonyl (C=O) groups excluding carboxylic acids is 1. The number of hydrogen-bond acceptors (Lipinski definition) is 5. The zero-order valence-electron chi connectivity index (χ0n) is 11.5. The van der Waals surface area contributed by atoms with Gasteiger partial charge in [0.1, 0.15) is 11.5 Å². The number of halogens is 1. The van der Waals surface area contributed by atoms with E-state index in [4.69, 9.17) is 4.52 Å². The Hall–Kier alpha value is -2.22. The number of nitrogens with one attached hydrogen (secondary N) is 1. The minimum absolute atomic E-state index is 0.0384. The van der Waals surface area contributed by atoms with E-state index in [-0.39, 0.29) is 17.3 Å². The van der Waals surface area contributed by atoms with Crippen molar-refractivity contribution in [3.63, 3.8) is 0 Å². The molecule has 22 heavy (non-hydrogen) atoms. The van der Waals surface area contributed by atoms with Crippen molar-refractivity contribution >= 4 is 15.7 Å². The first-order chi connectivity index (χ1) is 10.4. The smallest absolute Gasteiger partial charge is 0.290 e. The maximum atomic E-state index is 13.2. The van der Waals surface area contributed by atoms with Gasteiger partial charge in [-0.3, -0.25) is 4.79 Å². The molecule has 0 radical (unpaired) electrons. The summed E-state index contributed by atoms with van der Waals surface area (Å²) in [4.78, 5) is 12.0. The van der Waals surface area contributed by atoms with Gasteiger partial charge in [0.15, 0.2) is 9.84 Å². The van der Waals surface area contributed by atoms with Crippen LogP contribution in [0.15, 0.2) is 34.9 Å². The Morgan fingerprint density at radius 1 is 1.36 bits per heavy atom. The normalized spacial score (nSPS) is 20.0. The van der Waals surface area contributed by atoms with Crippen LogP contribution in [0.2, 0.25) is 0 Å². The molecular weight excluding hydrogens is 311 g/mol. The van der Waals surface area contributed by atoms with E-state index in [1.165, 1.54) is 24.3 Å². The summed E-state index contributed by atoms with van der Waals surface area (Å²) >= 11 is 0. The number of amides is 1. The molecule has 2 aromatic rings. The van der Waals surface area contributed by atoms with E-state index >= 15 is 0 Å². The first-order valence-electron chi connectivity index (χ1n) is 6.67. The van der Waals surface area contributed by atoms with E-state index in [0.717, 1.165) is 0 Å². The fourth-order valence-electron chi connectivity index (χ4n) is 2.33. The maximum Gasteiger partial charge on any atom is 0.290 e. The predicted octanol–water partition coefficient (Wildman–Crippen LogP) is 1.40. The van der Waals surface area contributed by atoms with Crippen LogP contribution < -0.4 is 5.32 Å². The van der Waals surface area contributed by atoms with E-state index in [1.807, 2.05) is 0 Å². The Morgan fingerprint density at radius 2 is 2.18 bits per heavy atom. The van der Waals surface area contributed by atoms with Gasteiger partial charge >= 0.3 is 0 Å². The Morgan fingerprint density at radius 3 is 2.86 bits per heavy atom. The second kappa shape index (κ2) is 5.53. The highest BCUT2D eigenvalue weighted by atomic mass is 32.2. The van der Waals surface area contributed by atoms with Gasteiger partial charge in [0, 0.05) is 17.7 Å². The van der Waals surface area contributed by atoms with Crippen LogP contribution in [-0.4, -0.2) is 37.0 Å². The first-order valence-corrected chi connectivity index (χ1v) is 8.49. The molecule has 2 heterocycles. The van der Waals surface area contributed by atoms with Crippen LogP contribution in [0.1, 0.15) is 17.0 Å². The molecule has 3 rings (SSSR count). The van der Waals surface area contributed by atoms with Gasteiger partial charge in [-0.1, -0.05) is 17.3 Å². The molecule has 1 amide bonds. The van der Waals surface area contributed by atoms with Crippen molar-refractivity contribution in [1.29, 1.82) is 0 Å². The molecule has 0 aliphatic carbocycles. The molecule has 0 bridgehead atoms. The fourth-order valence-corrected chi connectivity index (χ4v) is 4.00. The van der Waals surface area contributed by atoms with Crippen molar-refractivity contribution in [2.75, 3.05) is 11.5 Å². The zero-order valence-corrected chi connectivity index (χ0v) is 12.3. The number of carbonyl (C=O) groups is 1. The third-order valence-electron chi connectivity index (χ3n) is 3.42. The summed E-state index contributed by atoms with van der Waals surface area (Å²) in [7, 11) is -3.07. The van der Waals surface area contributed by atoms with Crippen LogP contribution in [0.4, 0.5) is 4.39 Å². The summed E-state index contributed by atoms with van der Waals surface area (Å²) in [5.41, 5.74) is 0.829. The molecule has 1 aliphatic rings. The number of hydrogen-bond donors (Lipinski definition) is 1. The van der Waals surface area contributed by atoms with Gasteiger partial charge in [-0.15, -0.1) is 0 Å². The average molecular weight is 324 g/mol. The molecule has 0 saturated carbocycles. The van der Waals surface area contributed by atoms with Crippen LogP contribution in [0.5, 0.6) is 0 Å². The molecule has 6 nitrogen and oxygen atoms in total. The van der Waals surface area contributed by atoms with Crippen LogP contribution in [0, 0.1) is 5.82 Å². The minimum atomic E-state index is -3.07. The van der Waals surface area contributed by atoms with Crippen molar-refractivity contribution in [3.05, 3.63) is 41.9 Å². The minimum Gasteiger partial charge on any atom is -0.350 e. The van der Waals surface area contributed by atoms with E-state index in [1.54, 1.807) is 6.07 Å². The van der Waals surface area contributed by atoms with Gasteiger partial charge in [0.05, 0.1) is 11.5 Å². The predicted molar refractivity (Wildman–Crippen MR) is 76.4 cm³/mol. The largest absolute Gasteiger partial charge is 0.350 e. The molecule has 1 aromatic heterocycles. The summed E-state index contributed by atoms with van der Waals surface area (Å²) in [6, 6.07) is 6.74. The summed E-state index contributed by atoms with van der Waals surface area (Å²) in [5, 5.41) is 6.33. The van der Waals surface area contributed by atoms with Gasteiger partial charge in [-0.05, 0) is 18.6 Å². The van der Waals surface area contributed by atoms with Crippen LogP contribution in [0.3, 0.4) is 0 Å².